The Labute approximate surface area is 155 Å². The van der Waals surface area contributed by atoms with Crippen LogP contribution in [-0.2, 0) is 11.2 Å². The Morgan fingerprint density at radius 2 is 2.35 bits per heavy atom. The Kier molecular flexibility index (Phi) is 6.64. The average molecular weight is 430 g/mol. The minimum Gasteiger partial charge on any atom is -0.381 e. The molecule has 1 aromatic rings. The van der Waals surface area contributed by atoms with Gasteiger partial charge in [-0.25, -0.2) is 0 Å². The van der Waals surface area contributed by atoms with Crippen LogP contribution >= 0.6 is 24.0 Å². The molecule has 1 N–H and O–H groups in total. The van der Waals surface area contributed by atoms with Crippen LogP contribution in [0.1, 0.15) is 24.0 Å². The summed E-state index contributed by atoms with van der Waals surface area (Å²) in [6.45, 7) is 7.00. The lowest BCUT2D eigenvalue weighted by molar-refractivity contribution is 0.156. The van der Waals surface area contributed by atoms with Crippen LogP contribution in [0, 0.1) is 12.3 Å². The van der Waals surface area contributed by atoms with Crippen molar-refractivity contribution in [3.8, 4) is 0 Å². The van der Waals surface area contributed by atoms with Crippen LogP contribution < -0.4 is 5.32 Å². The monoisotopic (exact) mass is 430 g/mol. The second-order valence-corrected chi connectivity index (χ2v) is 6.50. The summed E-state index contributed by atoms with van der Waals surface area (Å²) in [5.41, 5.74) is 2.97. The number of hydrogen-bond donors (Lipinski definition) is 1. The number of rotatable bonds is 3. The van der Waals surface area contributed by atoms with Crippen molar-refractivity contribution in [3.05, 3.63) is 29.6 Å². The summed E-state index contributed by atoms with van der Waals surface area (Å²) in [5, 5.41) is 3.51. The molecule has 3 heterocycles. The van der Waals surface area contributed by atoms with Gasteiger partial charge in [-0.2, -0.15) is 0 Å². The van der Waals surface area contributed by atoms with E-state index in [1.165, 1.54) is 24.0 Å². The van der Waals surface area contributed by atoms with E-state index in [2.05, 4.69) is 33.2 Å². The number of halogens is 1. The van der Waals surface area contributed by atoms with Crippen LogP contribution in [-0.4, -0.2) is 55.7 Å². The highest BCUT2D eigenvalue weighted by Crippen LogP contribution is 2.38. The third-order valence-electron chi connectivity index (χ3n) is 4.95. The standard InChI is InChI=1S/C17H26N4O.HI/c1-14-11-19-7-3-15(14)4-8-20-16(18-2)21-9-5-17(12-21)6-10-22-13-17;/h3,7,11H,4-6,8-10,12-13H2,1-2H3,(H,18,20);1H. The molecule has 5 nitrogen and oxygen atoms in total. The molecule has 1 aromatic heterocycles. The van der Waals surface area contributed by atoms with Gasteiger partial charge in [0.05, 0.1) is 6.61 Å². The van der Waals surface area contributed by atoms with Crippen LogP contribution in [0.25, 0.3) is 0 Å². The van der Waals surface area contributed by atoms with Crippen LogP contribution in [0.15, 0.2) is 23.5 Å². The van der Waals surface area contributed by atoms with Crippen LogP contribution in [0.3, 0.4) is 0 Å². The second kappa shape index (κ2) is 8.28. The molecule has 2 fully saturated rings. The smallest absolute Gasteiger partial charge is 0.193 e. The molecule has 0 amide bonds. The van der Waals surface area contributed by atoms with Crippen molar-refractivity contribution in [1.82, 2.24) is 15.2 Å². The highest BCUT2D eigenvalue weighted by atomic mass is 127. The minimum atomic E-state index is 0. The van der Waals surface area contributed by atoms with Gasteiger partial charge in [-0.3, -0.25) is 9.98 Å². The van der Waals surface area contributed by atoms with Crippen LogP contribution in [0.5, 0.6) is 0 Å². The number of aromatic nitrogens is 1. The molecule has 1 atom stereocenters. The fraction of sp³-hybridized carbons (Fsp3) is 0.647. The number of nitrogens with zero attached hydrogens (tertiary/aromatic N) is 3. The van der Waals surface area contributed by atoms with Gasteiger partial charge in [0.15, 0.2) is 5.96 Å². The summed E-state index contributed by atoms with van der Waals surface area (Å²) in [6.07, 6.45) is 7.19. The van der Waals surface area contributed by atoms with E-state index in [0.29, 0.717) is 5.41 Å². The number of guanidine groups is 1. The molecular weight excluding hydrogens is 403 g/mol. The molecular formula is C17H27IN4O. The zero-order valence-electron chi connectivity index (χ0n) is 14.0. The molecule has 0 radical (unpaired) electrons. The fourth-order valence-electron chi connectivity index (χ4n) is 3.51. The normalized spacial score (nSPS) is 24.1. The van der Waals surface area contributed by atoms with E-state index in [0.717, 1.165) is 45.2 Å². The molecule has 0 bridgehead atoms. The summed E-state index contributed by atoms with van der Waals surface area (Å²) in [6, 6.07) is 2.10. The first-order chi connectivity index (χ1) is 10.7. The van der Waals surface area contributed by atoms with E-state index in [-0.39, 0.29) is 24.0 Å². The van der Waals surface area contributed by atoms with E-state index in [9.17, 15) is 0 Å². The second-order valence-electron chi connectivity index (χ2n) is 6.50. The van der Waals surface area contributed by atoms with E-state index >= 15 is 0 Å². The predicted octanol–water partition coefficient (Wildman–Crippen LogP) is 2.24. The van der Waals surface area contributed by atoms with Gasteiger partial charge in [0, 0.05) is 51.1 Å². The van der Waals surface area contributed by atoms with Gasteiger partial charge in [-0.15, -0.1) is 24.0 Å². The summed E-state index contributed by atoms with van der Waals surface area (Å²) in [5.74, 6) is 1.02. The Bertz CT molecular complexity index is 543. The maximum atomic E-state index is 5.60. The molecule has 0 saturated carbocycles. The van der Waals surface area contributed by atoms with Crippen molar-refractivity contribution >= 4 is 29.9 Å². The number of pyridine rings is 1. The maximum absolute atomic E-state index is 5.60. The Morgan fingerprint density at radius 3 is 3.04 bits per heavy atom. The Morgan fingerprint density at radius 1 is 1.48 bits per heavy atom. The molecule has 128 valence electrons. The van der Waals surface area contributed by atoms with Crippen molar-refractivity contribution in [2.24, 2.45) is 10.4 Å². The number of likely N-dealkylation sites (tertiary alicyclic amines) is 1. The largest absolute Gasteiger partial charge is 0.381 e. The number of nitrogens with one attached hydrogen (secondary N) is 1. The lowest BCUT2D eigenvalue weighted by atomic mass is 9.87. The molecule has 2 aliphatic rings. The maximum Gasteiger partial charge on any atom is 0.193 e. The fourth-order valence-corrected chi connectivity index (χ4v) is 3.51. The number of hydrogen-bond acceptors (Lipinski definition) is 3. The number of ether oxygens (including phenoxy) is 1. The first kappa shape index (κ1) is 18.4. The summed E-state index contributed by atoms with van der Waals surface area (Å²) >= 11 is 0. The molecule has 3 rings (SSSR count). The molecule has 2 aliphatic heterocycles. The first-order valence-electron chi connectivity index (χ1n) is 8.15. The first-order valence-corrected chi connectivity index (χ1v) is 8.15. The zero-order valence-corrected chi connectivity index (χ0v) is 16.4. The van der Waals surface area contributed by atoms with Gasteiger partial charge in [0.25, 0.3) is 0 Å². The van der Waals surface area contributed by atoms with Crippen LogP contribution in [0.2, 0.25) is 0 Å². The molecule has 1 unspecified atom stereocenters. The average Bonchev–Trinajstić information content (AvgIpc) is 3.16. The molecule has 0 aromatic carbocycles. The third kappa shape index (κ3) is 4.35. The molecule has 0 aliphatic carbocycles. The predicted molar refractivity (Wildman–Crippen MR) is 104 cm³/mol. The molecule has 2 saturated heterocycles. The van der Waals surface area contributed by atoms with Gasteiger partial charge < -0.3 is 15.0 Å². The molecule has 23 heavy (non-hydrogen) atoms. The zero-order chi connectivity index (χ0) is 15.4. The van der Waals surface area contributed by atoms with Crippen LogP contribution in [0.4, 0.5) is 0 Å². The van der Waals surface area contributed by atoms with Crippen molar-refractivity contribution in [3.63, 3.8) is 0 Å². The summed E-state index contributed by atoms with van der Waals surface area (Å²) in [4.78, 5) is 11.0. The quantitative estimate of drug-likeness (QED) is 0.454. The summed E-state index contributed by atoms with van der Waals surface area (Å²) < 4.78 is 5.60. The molecule has 1 spiro atoms. The van der Waals surface area contributed by atoms with Gasteiger partial charge in [0.2, 0.25) is 0 Å². The Hall–Kier alpha value is -0.890. The van der Waals surface area contributed by atoms with E-state index in [1.807, 2.05) is 19.4 Å². The molecule has 6 heteroatoms. The number of aliphatic imine (C=N–C) groups is 1. The lowest BCUT2D eigenvalue weighted by Crippen LogP contribution is -2.42. The van der Waals surface area contributed by atoms with E-state index < -0.39 is 0 Å². The van der Waals surface area contributed by atoms with E-state index in [4.69, 9.17) is 4.74 Å². The van der Waals surface area contributed by atoms with Crippen molar-refractivity contribution < 1.29 is 4.74 Å². The topological polar surface area (TPSA) is 49.8 Å². The summed E-state index contributed by atoms with van der Waals surface area (Å²) in [7, 11) is 1.87. The van der Waals surface area contributed by atoms with Gasteiger partial charge in [-0.1, -0.05) is 0 Å². The van der Waals surface area contributed by atoms with Gasteiger partial charge >= 0.3 is 0 Å². The third-order valence-corrected chi connectivity index (χ3v) is 4.95. The highest BCUT2D eigenvalue weighted by Gasteiger charge is 2.42. The van der Waals surface area contributed by atoms with E-state index in [1.54, 1.807) is 0 Å². The highest BCUT2D eigenvalue weighted by molar-refractivity contribution is 14.0. The Balaban J connectivity index is 0.00000192. The van der Waals surface area contributed by atoms with Crippen molar-refractivity contribution in [2.45, 2.75) is 26.2 Å². The van der Waals surface area contributed by atoms with Gasteiger partial charge in [-0.05, 0) is 43.4 Å². The lowest BCUT2D eigenvalue weighted by Gasteiger charge is -2.25. The van der Waals surface area contributed by atoms with Crippen molar-refractivity contribution in [1.29, 1.82) is 0 Å². The number of aryl methyl sites for hydroxylation is 1. The van der Waals surface area contributed by atoms with Gasteiger partial charge in [0.1, 0.15) is 0 Å². The van der Waals surface area contributed by atoms with Crippen molar-refractivity contribution in [2.75, 3.05) is 39.9 Å². The minimum absolute atomic E-state index is 0. The SMILES string of the molecule is CN=C(NCCc1ccncc1C)N1CCC2(CCOC2)C1.I.